The van der Waals surface area contributed by atoms with Gasteiger partial charge in [-0.3, -0.25) is 9.36 Å². The van der Waals surface area contributed by atoms with Crippen molar-refractivity contribution in [2.45, 2.75) is 51.7 Å². The standard InChI is InChI=1S/C18H22F2N4O2/c1-12(13-7-8-14(19)15(20)10-13)22(2)17(25)11-24-18(26)23-9-5-3-4-6-16(23)21-24/h7-8,10,12H,3-6,9,11H2,1-2H3. The first kappa shape index (κ1) is 18.3. The number of rotatable bonds is 4. The molecule has 1 aromatic carbocycles. The van der Waals surface area contributed by atoms with E-state index in [1.165, 1.54) is 15.6 Å². The van der Waals surface area contributed by atoms with Crippen molar-refractivity contribution in [2.24, 2.45) is 0 Å². The molecule has 2 aromatic rings. The summed E-state index contributed by atoms with van der Waals surface area (Å²) in [5.41, 5.74) is 0.205. The largest absolute Gasteiger partial charge is 0.346 e. The fraction of sp³-hybridized carbons (Fsp3) is 0.500. The van der Waals surface area contributed by atoms with E-state index in [-0.39, 0.29) is 18.1 Å². The smallest absolute Gasteiger partial charge is 0.337 e. The van der Waals surface area contributed by atoms with Crippen LogP contribution in [0.25, 0.3) is 0 Å². The number of amides is 1. The number of carbonyl (C=O) groups is 1. The number of carbonyl (C=O) groups excluding carboxylic acids is 1. The van der Waals surface area contributed by atoms with E-state index in [2.05, 4.69) is 5.10 Å². The van der Waals surface area contributed by atoms with E-state index in [0.29, 0.717) is 12.1 Å². The Morgan fingerprint density at radius 1 is 1.27 bits per heavy atom. The van der Waals surface area contributed by atoms with Gasteiger partial charge in [0.1, 0.15) is 12.4 Å². The lowest BCUT2D eigenvalue weighted by Crippen LogP contribution is -2.36. The van der Waals surface area contributed by atoms with Gasteiger partial charge in [-0.1, -0.05) is 12.5 Å². The van der Waals surface area contributed by atoms with Gasteiger partial charge in [-0.05, 0) is 37.5 Å². The molecule has 0 N–H and O–H groups in total. The van der Waals surface area contributed by atoms with Gasteiger partial charge in [0, 0.05) is 20.0 Å². The molecule has 3 rings (SSSR count). The number of aryl methyl sites for hydroxylation is 1. The Labute approximate surface area is 150 Å². The van der Waals surface area contributed by atoms with Gasteiger partial charge in [-0.15, -0.1) is 0 Å². The van der Waals surface area contributed by atoms with Crippen LogP contribution in [0.2, 0.25) is 0 Å². The van der Waals surface area contributed by atoms with Gasteiger partial charge in [0.15, 0.2) is 11.6 Å². The highest BCUT2D eigenvalue weighted by Gasteiger charge is 2.22. The first-order chi connectivity index (χ1) is 12.4. The van der Waals surface area contributed by atoms with Crippen LogP contribution in [0, 0.1) is 11.6 Å². The zero-order chi connectivity index (χ0) is 18.8. The maximum absolute atomic E-state index is 13.4. The molecule has 0 radical (unpaired) electrons. The van der Waals surface area contributed by atoms with Crippen molar-refractivity contribution in [3.8, 4) is 0 Å². The summed E-state index contributed by atoms with van der Waals surface area (Å²) >= 11 is 0. The average molecular weight is 364 g/mol. The molecule has 0 saturated carbocycles. The summed E-state index contributed by atoms with van der Waals surface area (Å²) in [6, 6.07) is 3.09. The summed E-state index contributed by atoms with van der Waals surface area (Å²) in [6.45, 7) is 2.17. The summed E-state index contributed by atoms with van der Waals surface area (Å²) in [5, 5.41) is 4.30. The van der Waals surface area contributed by atoms with E-state index in [0.717, 1.165) is 43.6 Å². The molecular weight excluding hydrogens is 342 g/mol. The van der Waals surface area contributed by atoms with E-state index in [9.17, 15) is 18.4 Å². The van der Waals surface area contributed by atoms with Crippen molar-refractivity contribution >= 4 is 5.91 Å². The molecule has 1 atom stereocenters. The zero-order valence-electron chi connectivity index (χ0n) is 14.9. The molecule has 0 bridgehead atoms. The van der Waals surface area contributed by atoms with Crippen molar-refractivity contribution < 1.29 is 13.6 Å². The van der Waals surface area contributed by atoms with Crippen LogP contribution in [0.3, 0.4) is 0 Å². The summed E-state index contributed by atoms with van der Waals surface area (Å²) in [6.07, 6.45) is 3.71. The Morgan fingerprint density at radius 2 is 2.04 bits per heavy atom. The highest BCUT2D eigenvalue weighted by atomic mass is 19.2. The maximum Gasteiger partial charge on any atom is 0.346 e. The number of fused-ring (bicyclic) bond motifs is 1. The quantitative estimate of drug-likeness (QED) is 0.836. The summed E-state index contributed by atoms with van der Waals surface area (Å²) in [7, 11) is 1.57. The molecular formula is C18H22F2N4O2. The van der Waals surface area contributed by atoms with Gasteiger partial charge in [0.25, 0.3) is 0 Å². The molecule has 26 heavy (non-hydrogen) atoms. The number of halogens is 2. The number of likely N-dealkylation sites (N-methyl/N-ethyl adjacent to an activating group) is 1. The van der Waals surface area contributed by atoms with Gasteiger partial charge in [0.05, 0.1) is 6.04 Å². The van der Waals surface area contributed by atoms with E-state index >= 15 is 0 Å². The topological polar surface area (TPSA) is 60.1 Å². The lowest BCUT2D eigenvalue weighted by atomic mass is 10.1. The summed E-state index contributed by atoms with van der Waals surface area (Å²) in [5.74, 6) is -1.49. The molecule has 1 aliphatic rings. The van der Waals surface area contributed by atoms with Crippen LogP contribution in [0.15, 0.2) is 23.0 Å². The number of benzene rings is 1. The SMILES string of the molecule is CC(c1ccc(F)c(F)c1)N(C)C(=O)Cn1nc2n(c1=O)CCCCC2. The Kier molecular flexibility index (Phi) is 5.20. The highest BCUT2D eigenvalue weighted by molar-refractivity contribution is 5.76. The Hall–Kier alpha value is -2.51. The number of hydrogen-bond donors (Lipinski definition) is 0. The molecule has 1 unspecified atom stereocenters. The zero-order valence-corrected chi connectivity index (χ0v) is 14.9. The lowest BCUT2D eigenvalue weighted by Gasteiger charge is -2.25. The minimum atomic E-state index is -0.954. The second-order valence-electron chi connectivity index (χ2n) is 6.67. The normalized spacial score (nSPS) is 15.2. The van der Waals surface area contributed by atoms with Gasteiger partial charge in [-0.2, -0.15) is 5.10 Å². The fourth-order valence-electron chi connectivity index (χ4n) is 3.18. The first-order valence-corrected chi connectivity index (χ1v) is 8.75. The highest BCUT2D eigenvalue weighted by Crippen LogP contribution is 2.21. The molecule has 0 aliphatic carbocycles. The Balaban J connectivity index is 1.75. The second kappa shape index (κ2) is 7.39. The summed E-state index contributed by atoms with van der Waals surface area (Å²) < 4.78 is 29.4. The molecule has 0 saturated heterocycles. The molecule has 0 fully saturated rings. The third-order valence-corrected chi connectivity index (χ3v) is 4.97. The lowest BCUT2D eigenvalue weighted by molar-refractivity contribution is -0.132. The van der Waals surface area contributed by atoms with Gasteiger partial charge < -0.3 is 4.90 Å². The second-order valence-corrected chi connectivity index (χ2v) is 6.67. The van der Waals surface area contributed by atoms with Crippen LogP contribution in [-0.2, 0) is 24.3 Å². The van der Waals surface area contributed by atoms with Crippen LogP contribution >= 0.6 is 0 Å². The molecule has 6 nitrogen and oxygen atoms in total. The van der Waals surface area contributed by atoms with E-state index < -0.39 is 17.7 Å². The average Bonchev–Trinajstić information content (AvgIpc) is 2.79. The van der Waals surface area contributed by atoms with E-state index in [1.807, 2.05) is 0 Å². The third-order valence-electron chi connectivity index (χ3n) is 4.97. The van der Waals surface area contributed by atoms with Crippen LogP contribution in [0.5, 0.6) is 0 Å². The van der Waals surface area contributed by atoms with Crippen LogP contribution < -0.4 is 5.69 Å². The Bertz CT molecular complexity index is 875. The minimum absolute atomic E-state index is 0.177. The molecule has 2 heterocycles. The van der Waals surface area contributed by atoms with Crippen molar-refractivity contribution in [2.75, 3.05) is 7.05 Å². The maximum atomic E-state index is 13.4. The van der Waals surface area contributed by atoms with Crippen molar-refractivity contribution in [3.05, 3.63) is 51.7 Å². The molecule has 1 amide bonds. The predicted octanol–water partition coefficient (Wildman–Crippen LogP) is 2.27. The Morgan fingerprint density at radius 3 is 2.77 bits per heavy atom. The molecule has 140 valence electrons. The fourth-order valence-corrected chi connectivity index (χ4v) is 3.18. The third kappa shape index (κ3) is 3.54. The van der Waals surface area contributed by atoms with Gasteiger partial charge in [-0.25, -0.2) is 18.3 Å². The van der Waals surface area contributed by atoms with Crippen molar-refractivity contribution in [1.29, 1.82) is 0 Å². The number of hydrogen-bond acceptors (Lipinski definition) is 3. The summed E-state index contributed by atoms with van der Waals surface area (Å²) in [4.78, 5) is 26.4. The monoisotopic (exact) mass is 364 g/mol. The first-order valence-electron chi connectivity index (χ1n) is 8.75. The number of nitrogens with zero attached hydrogens (tertiary/aromatic N) is 4. The number of aromatic nitrogens is 3. The molecule has 0 spiro atoms. The van der Waals surface area contributed by atoms with Crippen LogP contribution in [0.1, 0.15) is 43.6 Å². The van der Waals surface area contributed by atoms with Crippen molar-refractivity contribution in [3.63, 3.8) is 0 Å². The van der Waals surface area contributed by atoms with Crippen LogP contribution in [0.4, 0.5) is 8.78 Å². The predicted molar refractivity (Wildman–Crippen MR) is 91.6 cm³/mol. The molecule has 1 aromatic heterocycles. The van der Waals surface area contributed by atoms with Gasteiger partial charge in [0.2, 0.25) is 5.91 Å². The molecule has 8 heteroatoms. The van der Waals surface area contributed by atoms with E-state index in [4.69, 9.17) is 0 Å². The van der Waals surface area contributed by atoms with Crippen molar-refractivity contribution in [1.82, 2.24) is 19.2 Å². The van der Waals surface area contributed by atoms with E-state index in [1.54, 1.807) is 18.5 Å². The molecule has 1 aliphatic heterocycles. The van der Waals surface area contributed by atoms with Crippen LogP contribution in [-0.4, -0.2) is 32.2 Å². The minimum Gasteiger partial charge on any atom is -0.337 e. The van der Waals surface area contributed by atoms with Gasteiger partial charge >= 0.3 is 5.69 Å².